The Bertz CT molecular complexity index is 749. The lowest BCUT2D eigenvalue weighted by Crippen LogP contribution is -2.49. The molecule has 0 N–H and O–H groups in total. The van der Waals surface area contributed by atoms with E-state index in [-0.39, 0.29) is 17.5 Å². The predicted octanol–water partition coefficient (Wildman–Crippen LogP) is 3.12. The standard InChI is InChI=1S/C18H20ClFN2O4/c1-21-17(25)22(16(24)18(21)7-3-2-4-8-18)10-15(23)26-11-12-5-6-13(20)9-14(12)19/h5-6,9H,2-4,7-8,10-11H2,1H3. The Morgan fingerprint density at radius 2 is 1.96 bits per heavy atom. The second-order valence-electron chi connectivity index (χ2n) is 6.72. The van der Waals surface area contributed by atoms with Crippen LogP contribution in [0.4, 0.5) is 9.18 Å². The minimum atomic E-state index is -0.824. The first-order valence-electron chi connectivity index (χ1n) is 8.54. The summed E-state index contributed by atoms with van der Waals surface area (Å²) in [4.78, 5) is 39.8. The van der Waals surface area contributed by atoms with Crippen molar-refractivity contribution in [1.29, 1.82) is 0 Å². The van der Waals surface area contributed by atoms with Crippen LogP contribution in [0.15, 0.2) is 18.2 Å². The predicted molar refractivity (Wildman–Crippen MR) is 91.9 cm³/mol. The molecule has 140 valence electrons. The third kappa shape index (κ3) is 3.28. The summed E-state index contributed by atoms with van der Waals surface area (Å²) in [5, 5.41) is 0.145. The molecule has 1 aliphatic carbocycles. The largest absolute Gasteiger partial charge is 0.459 e. The lowest BCUT2D eigenvalue weighted by molar-refractivity contribution is -0.149. The zero-order chi connectivity index (χ0) is 18.9. The van der Waals surface area contributed by atoms with Crippen molar-refractivity contribution < 1.29 is 23.5 Å². The molecule has 2 aliphatic rings. The summed E-state index contributed by atoms with van der Waals surface area (Å²) in [6.07, 6.45) is 4.03. The Morgan fingerprint density at radius 3 is 2.62 bits per heavy atom. The monoisotopic (exact) mass is 382 g/mol. The third-order valence-electron chi connectivity index (χ3n) is 5.17. The van der Waals surface area contributed by atoms with Gasteiger partial charge in [0.15, 0.2) is 0 Å². The van der Waals surface area contributed by atoms with Gasteiger partial charge in [-0.3, -0.25) is 14.5 Å². The fourth-order valence-electron chi connectivity index (χ4n) is 3.64. The van der Waals surface area contributed by atoms with Gasteiger partial charge < -0.3 is 9.64 Å². The fourth-order valence-corrected chi connectivity index (χ4v) is 3.86. The van der Waals surface area contributed by atoms with E-state index in [1.807, 2.05) is 0 Å². The maximum absolute atomic E-state index is 13.0. The number of likely N-dealkylation sites (N-methyl/N-ethyl adjacent to an activating group) is 1. The highest BCUT2D eigenvalue weighted by Crippen LogP contribution is 2.39. The van der Waals surface area contributed by atoms with E-state index in [0.29, 0.717) is 18.4 Å². The number of carbonyl (C=O) groups is 3. The van der Waals surface area contributed by atoms with Gasteiger partial charge in [-0.25, -0.2) is 9.18 Å². The maximum atomic E-state index is 13.0. The highest BCUT2D eigenvalue weighted by atomic mass is 35.5. The SMILES string of the molecule is CN1C(=O)N(CC(=O)OCc2ccc(F)cc2Cl)C(=O)C12CCCCC2. The molecule has 0 bridgehead atoms. The van der Waals surface area contributed by atoms with Gasteiger partial charge in [-0.15, -0.1) is 0 Å². The van der Waals surface area contributed by atoms with E-state index < -0.39 is 29.9 Å². The second-order valence-corrected chi connectivity index (χ2v) is 7.13. The minimum Gasteiger partial charge on any atom is -0.459 e. The lowest BCUT2D eigenvalue weighted by Gasteiger charge is -2.35. The van der Waals surface area contributed by atoms with E-state index in [0.717, 1.165) is 30.2 Å². The molecule has 3 amide bonds. The van der Waals surface area contributed by atoms with Crippen LogP contribution in [-0.2, 0) is 20.9 Å². The van der Waals surface area contributed by atoms with E-state index in [1.54, 1.807) is 7.05 Å². The first-order valence-corrected chi connectivity index (χ1v) is 8.92. The second kappa shape index (κ2) is 7.23. The van der Waals surface area contributed by atoms with Gasteiger partial charge in [0, 0.05) is 12.6 Å². The van der Waals surface area contributed by atoms with Gasteiger partial charge in [0.05, 0.1) is 5.02 Å². The summed E-state index contributed by atoms with van der Waals surface area (Å²) in [5.41, 5.74) is -0.378. The number of ether oxygens (including phenoxy) is 1. The molecule has 1 heterocycles. The molecule has 26 heavy (non-hydrogen) atoms. The zero-order valence-electron chi connectivity index (χ0n) is 14.5. The normalized spacial score (nSPS) is 19.3. The number of hydrogen-bond donors (Lipinski definition) is 0. The number of benzene rings is 1. The molecule has 0 atom stereocenters. The van der Waals surface area contributed by atoms with Crippen molar-refractivity contribution in [2.45, 2.75) is 44.2 Å². The van der Waals surface area contributed by atoms with Crippen molar-refractivity contribution in [2.75, 3.05) is 13.6 Å². The van der Waals surface area contributed by atoms with Crippen LogP contribution in [0, 0.1) is 5.82 Å². The lowest BCUT2D eigenvalue weighted by atomic mass is 9.81. The number of esters is 1. The first kappa shape index (κ1) is 18.6. The van der Waals surface area contributed by atoms with E-state index in [1.165, 1.54) is 17.0 Å². The quantitative estimate of drug-likeness (QED) is 0.592. The van der Waals surface area contributed by atoms with Gasteiger partial charge in [0.2, 0.25) is 0 Å². The molecule has 3 rings (SSSR count). The zero-order valence-corrected chi connectivity index (χ0v) is 15.2. The van der Waals surface area contributed by atoms with E-state index in [2.05, 4.69) is 0 Å². The van der Waals surface area contributed by atoms with E-state index in [9.17, 15) is 18.8 Å². The van der Waals surface area contributed by atoms with Crippen molar-refractivity contribution in [1.82, 2.24) is 9.80 Å². The Labute approximate surface area is 155 Å². The van der Waals surface area contributed by atoms with Crippen molar-refractivity contribution in [2.24, 2.45) is 0 Å². The van der Waals surface area contributed by atoms with Crippen LogP contribution >= 0.6 is 11.6 Å². The molecule has 8 heteroatoms. The fraction of sp³-hybridized carbons (Fsp3) is 0.500. The Balaban J connectivity index is 1.63. The molecule has 1 aliphatic heterocycles. The van der Waals surface area contributed by atoms with Crippen LogP contribution in [0.1, 0.15) is 37.7 Å². The summed E-state index contributed by atoms with van der Waals surface area (Å²) in [5.74, 6) is -1.53. The summed E-state index contributed by atoms with van der Waals surface area (Å²) < 4.78 is 18.1. The number of carbonyl (C=O) groups excluding carboxylic acids is 3. The van der Waals surface area contributed by atoms with Gasteiger partial charge in [-0.2, -0.15) is 0 Å². The summed E-state index contributed by atoms with van der Waals surface area (Å²) in [7, 11) is 1.61. The number of halogens is 2. The molecular weight excluding hydrogens is 363 g/mol. The molecule has 1 saturated carbocycles. The average molecular weight is 383 g/mol. The number of nitrogens with zero attached hydrogens (tertiary/aromatic N) is 2. The molecule has 0 aromatic heterocycles. The van der Waals surface area contributed by atoms with Gasteiger partial charge in [-0.1, -0.05) is 36.9 Å². The summed E-state index contributed by atoms with van der Waals surface area (Å²) >= 11 is 5.89. The molecular formula is C18H20ClFN2O4. The van der Waals surface area contributed by atoms with Crippen molar-refractivity contribution in [3.05, 3.63) is 34.6 Å². The molecule has 1 aromatic carbocycles. The molecule has 0 unspecified atom stereocenters. The first-order chi connectivity index (χ1) is 12.3. The minimum absolute atomic E-state index is 0.145. The molecule has 0 radical (unpaired) electrons. The summed E-state index contributed by atoms with van der Waals surface area (Å²) in [6, 6.07) is 3.28. The molecule has 2 fully saturated rings. The number of hydrogen-bond acceptors (Lipinski definition) is 4. The van der Waals surface area contributed by atoms with Crippen LogP contribution in [0.2, 0.25) is 5.02 Å². The number of urea groups is 1. The summed E-state index contributed by atoms with van der Waals surface area (Å²) in [6.45, 7) is -0.599. The van der Waals surface area contributed by atoms with Crippen LogP contribution < -0.4 is 0 Å². The molecule has 6 nitrogen and oxygen atoms in total. The number of rotatable bonds is 4. The maximum Gasteiger partial charge on any atom is 0.327 e. The van der Waals surface area contributed by atoms with Crippen LogP contribution in [-0.4, -0.2) is 46.8 Å². The van der Waals surface area contributed by atoms with Crippen molar-refractivity contribution in [3.63, 3.8) is 0 Å². The van der Waals surface area contributed by atoms with E-state index in [4.69, 9.17) is 16.3 Å². The van der Waals surface area contributed by atoms with Crippen LogP contribution in [0.5, 0.6) is 0 Å². The Kier molecular flexibility index (Phi) is 5.18. The molecule has 1 spiro atoms. The highest BCUT2D eigenvalue weighted by Gasteiger charge is 2.55. The van der Waals surface area contributed by atoms with Gasteiger partial charge in [0.25, 0.3) is 5.91 Å². The third-order valence-corrected chi connectivity index (χ3v) is 5.53. The Hall–Kier alpha value is -2.15. The smallest absolute Gasteiger partial charge is 0.327 e. The van der Waals surface area contributed by atoms with Crippen LogP contribution in [0.25, 0.3) is 0 Å². The van der Waals surface area contributed by atoms with E-state index >= 15 is 0 Å². The van der Waals surface area contributed by atoms with Crippen molar-refractivity contribution in [3.8, 4) is 0 Å². The van der Waals surface area contributed by atoms with Gasteiger partial charge >= 0.3 is 12.0 Å². The Morgan fingerprint density at radius 1 is 1.27 bits per heavy atom. The molecule has 1 saturated heterocycles. The van der Waals surface area contributed by atoms with Crippen molar-refractivity contribution >= 4 is 29.5 Å². The van der Waals surface area contributed by atoms with Gasteiger partial charge in [-0.05, 0) is 25.0 Å². The topological polar surface area (TPSA) is 66.9 Å². The molecule has 1 aromatic rings. The van der Waals surface area contributed by atoms with Gasteiger partial charge in [0.1, 0.15) is 24.5 Å². The highest BCUT2D eigenvalue weighted by molar-refractivity contribution is 6.31. The average Bonchev–Trinajstić information content (AvgIpc) is 2.78. The number of amides is 3. The number of imide groups is 1. The van der Waals surface area contributed by atoms with Crippen LogP contribution in [0.3, 0.4) is 0 Å².